The molecule has 0 saturated carbocycles. The lowest BCUT2D eigenvalue weighted by Gasteiger charge is -2.24. The molecule has 19 heavy (non-hydrogen) atoms. The van der Waals surface area contributed by atoms with Crippen molar-refractivity contribution in [1.82, 2.24) is 15.2 Å². The molecule has 2 aliphatic rings. The van der Waals surface area contributed by atoms with Gasteiger partial charge in [0.25, 0.3) is 0 Å². The number of hydrogen-bond donors (Lipinski definition) is 2. The summed E-state index contributed by atoms with van der Waals surface area (Å²) in [6, 6.07) is 9.34. The molecule has 2 saturated heterocycles. The lowest BCUT2D eigenvalue weighted by molar-refractivity contribution is 0.313. The maximum absolute atomic E-state index is 3.68. The Morgan fingerprint density at radius 3 is 3.11 bits per heavy atom. The lowest BCUT2D eigenvalue weighted by Crippen LogP contribution is -2.40. The topological polar surface area (TPSA) is 31.1 Å². The van der Waals surface area contributed by atoms with E-state index in [0.29, 0.717) is 0 Å². The Balaban J connectivity index is 1.52. The first-order chi connectivity index (χ1) is 9.40. The largest absolute Gasteiger partial charge is 0.361 e. The van der Waals surface area contributed by atoms with Gasteiger partial charge in [-0.2, -0.15) is 0 Å². The first-order valence-corrected chi connectivity index (χ1v) is 7.41. The van der Waals surface area contributed by atoms with Gasteiger partial charge in [0.1, 0.15) is 0 Å². The van der Waals surface area contributed by atoms with Crippen molar-refractivity contribution in [1.29, 1.82) is 0 Å². The molecule has 3 heteroatoms. The Kier molecular flexibility index (Phi) is 2.82. The predicted molar refractivity (Wildman–Crippen MR) is 78.1 cm³/mol. The number of H-pyrrole nitrogens is 1. The molecule has 3 heterocycles. The van der Waals surface area contributed by atoms with Gasteiger partial charge in [-0.15, -0.1) is 0 Å². The molecule has 100 valence electrons. The van der Waals surface area contributed by atoms with Crippen molar-refractivity contribution in [2.45, 2.75) is 25.4 Å². The number of para-hydroxylation sites is 1. The van der Waals surface area contributed by atoms with Gasteiger partial charge in [0.05, 0.1) is 0 Å². The first kappa shape index (κ1) is 11.5. The van der Waals surface area contributed by atoms with Crippen molar-refractivity contribution in [3.05, 3.63) is 36.0 Å². The summed E-state index contributed by atoms with van der Waals surface area (Å²) in [5.41, 5.74) is 2.70. The van der Waals surface area contributed by atoms with Crippen LogP contribution in [0.3, 0.4) is 0 Å². The van der Waals surface area contributed by atoms with Crippen molar-refractivity contribution in [3.63, 3.8) is 0 Å². The number of rotatable bonds is 2. The van der Waals surface area contributed by atoms with Gasteiger partial charge in [0.2, 0.25) is 0 Å². The zero-order chi connectivity index (χ0) is 12.7. The van der Waals surface area contributed by atoms with Gasteiger partial charge >= 0.3 is 0 Å². The Morgan fingerprint density at radius 1 is 1.21 bits per heavy atom. The summed E-state index contributed by atoms with van der Waals surface area (Å²) in [6.45, 7) is 4.77. The molecule has 2 aliphatic heterocycles. The van der Waals surface area contributed by atoms with E-state index < -0.39 is 0 Å². The molecule has 0 radical (unpaired) electrons. The van der Waals surface area contributed by atoms with Gasteiger partial charge in [0, 0.05) is 42.8 Å². The molecular weight excluding hydrogens is 234 g/mol. The zero-order valence-electron chi connectivity index (χ0n) is 11.2. The third kappa shape index (κ3) is 2.07. The molecule has 1 aromatic carbocycles. The third-order valence-corrected chi connectivity index (χ3v) is 4.74. The smallest absolute Gasteiger partial charge is 0.0457 e. The summed E-state index contributed by atoms with van der Waals surface area (Å²) in [5, 5.41) is 5.06. The lowest BCUT2D eigenvalue weighted by atomic mass is 9.94. The van der Waals surface area contributed by atoms with Crippen molar-refractivity contribution in [2.75, 3.05) is 19.6 Å². The number of aromatic nitrogens is 1. The molecule has 0 bridgehead atoms. The summed E-state index contributed by atoms with van der Waals surface area (Å²) < 4.78 is 0. The molecule has 1 aromatic heterocycles. The first-order valence-electron chi connectivity index (χ1n) is 7.41. The number of piperidine rings is 1. The Hall–Kier alpha value is -1.32. The maximum Gasteiger partial charge on any atom is 0.0457 e. The average Bonchev–Trinajstić information content (AvgIpc) is 3.03. The van der Waals surface area contributed by atoms with Crippen LogP contribution in [0.2, 0.25) is 0 Å². The molecule has 0 spiro atoms. The molecule has 3 nitrogen and oxygen atoms in total. The van der Waals surface area contributed by atoms with Crippen LogP contribution in [-0.4, -0.2) is 35.6 Å². The fourth-order valence-corrected chi connectivity index (χ4v) is 3.77. The van der Waals surface area contributed by atoms with Crippen LogP contribution in [-0.2, 0) is 6.54 Å². The molecule has 2 N–H and O–H groups in total. The predicted octanol–water partition coefficient (Wildman–Crippen LogP) is 2.35. The van der Waals surface area contributed by atoms with E-state index in [1.54, 1.807) is 0 Å². The Bertz CT molecular complexity index is 560. The van der Waals surface area contributed by atoms with Crippen molar-refractivity contribution >= 4 is 10.9 Å². The summed E-state index contributed by atoms with van der Waals surface area (Å²) in [4.78, 5) is 6.00. The third-order valence-electron chi connectivity index (χ3n) is 4.74. The second kappa shape index (κ2) is 4.66. The zero-order valence-corrected chi connectivity index (χ0v) is 11.2. The van der Waals surface area contributed by atoms with Crippen LogP contribution in [0, 0.1) is 5.92 Å². The van der Waals surface area contributed by atoms with E-state index in [1.807, 2.05) is 0 Å². The molecule has 2 atom stereocenters. The highest BCUT2D eigenvalue weighted by Crippen LogP contribution is 2.27. The Morgan fingerprint density at radius 2 is 2.16 bits per heavy atom. The van der Waals surface area contributed by atoms with E-state index in [4.69, 9.17) is 0 Å². The van der Waals surface area contributed by atoms with Crippen LogP contribution in [0.15, 0.2) is 30.5 Å². The minimum absolute atomic E-state index is 0.735. The quantitative estimate of drug-likeness (QED) is 0.863. The fourth-order valence-electron chi connectivity index (χ4n) is 3.77. The molecule has 0 amide bonds. The van der Waals surface area contributed by atoms with E-state index in [-0.39, 0.29) is 0 Å². The summed E-state index contributed by atoms with van der Waals surface area (Å²) in [5.74, 6) is 0.874. The standard InChI is InChI=1S/C16H21N3/c1-2-6-15-14(5-1)13(8-18-15)10-19-9-12-4-3-7-17-16(12)11-19/h1-2,5-6,8,12,16-18H,3-4,7,9-11H2/t12-,16+/m0/s1. The molecule has 4 rings (SSSR count). The number of hydrogen-bond acceptors (Lipinski definition) is 2. The molecular formula is C16H21N3. The molecule has 0 aliphatic carbocycles. The number of fused-ring (bicyclic) bond motifs is 2. The highest BCUT2D eigenvalue weighted by molar-refractivity contribution is 5.82. The van der Waals surface area contributed by atoms with Crippen molar-refractivity contribution < 1.29 is 0 Å². The highest BCUT2D eigenvalue weighted by atomic mass is 15.2. The fraction of sp³-hybridized carbons (Fsp3) is 0.500. The highest BCUT2D eigenvalue weighted by Gasteiger charge is 2.34. The monoisotopic (exact) mass is 255 g/mol. The van der Waals surface area contributed by atoms with Crippen LogP contribution in [0.5, 0.6) is 0 Å². The van der Waals surface area contributed by atoms with E-state index >= 15 is 0 Å². The maximum atomic E-state index is 3.68. The van der Waals surface area contributed by atoms with Crippen LogP contribution < -0.4 is 5.32 Å². The second-order valence-electron chi connectivity index (χ2n) is 6.02. The SMILES string of the molecule is c1ccc2c(CN3C[C@@H]4CCCN[C@@H]4C3)c[nH]c2c1. The van der Waals surface area contributed by atoms with Crippen LogP contribution in [0.25, 0.3) is 10.9 Å². The van der Waals surface area contributed by atoms with Gasteiger partial charge in [0.15, 0.2) is 0 Å². The van der Waals surface area contributed by atoms with Gasteiger partial charge in [-0.1, -0.05) is 18.2 Å². The average molecular weight is 255 g/mol. The van der Waals surface area contributed by atoms with Gasteiger partial charge in [-0.05, 0) is 36.9 Å². The van der Waals surface area contributed by atoms with Gasteiger partial charge in [-0.25, -0.2) is 0 Å². The Labute approximate surface area is 114 Å². The second-order valence-corrected chi connectivity index (χ2v) is 6.02. The van der Waals surface area contributed by atoms with Gasteiger partial charge < -0.3 is 10.3 Å². The molecule has 2 aromatic rings. The minimum Gasteiger partial charge on any atom is -0.361 e. The van der Waals surface area contributed by atoms with E-state index in [2.05, 4.69) is 45.7 Å². The summed E-state index contributed by atoms with van der Waals surface area (Å²) in [6.07, 6.45) is 4.93. The van der Waals surface area contributed by atoms with Crippen LogP contribution in [0.4, 0.5) is 0 Å². The van der Waals surface area contributed by atoms with Crippen molar-refractivity contribution in [2.24, 2.45) is 5.92 Å². The van der Waals surface area contributed by atoms with Gasteiger partial charge in [-0.3, -0.25) is 4.90 Å². The van der Waals surface area contributed by atoms with Crippen molar-refractivity contribution in [3.8, 4) is 0 Å². The molecule has 2 fully saturated rings. The van der Waals surface area contributed by atoms with E-state index in [1.165, 1.54) is 48.9 Å². The molecule has 0 unspecified atom stereocenters. The van der Waals surface area contributed by atoms with E-state index in [9.17, 15) is 0 Å². The number of aromatic amines is 1. The number of benzene rings is 1. The summed E-state index contributed by atoms with van der Waals surface area (Å²) in [7, 11) is 0. The van der Waals surface area contributed by atoms with Crippen LogP contribution in [0.1, 0.15) is 18.4 Å². The minimum atomic E-state index is 0.735. The number of likely N-dealkylation sites (tertiary alicyclic amines) is 1. The number of nitrogens with zero attached hydrogens (tertiary/aromatic N) is 1. The van der Waals surface area contributed by atoms with E-state index in [0.717, 1.165) is 18.5 Å². The normalized spacial score (nSPS) is 27.8. The van der Waals surface area contributed by atoms with Crippen LogP contribution >= 0.6 is 0 Å². The summed E-state index contributed by atoms with van der Waals surface area (Å²) >= 11 is 0. The number of nitrogens with one attached hydrogen (secondary N) is 2.